The number of aromatic carboxylic acids is 1. The number of hydrogen-bond acceptors (Lipinski definition) is 3. The van der Waals surface area contributed by atoms with E-state index >= 15 is 0 Å². The number of carbonyl (C=O) groups is 2. The van der Waals surface area contributed by atoms with E-state index in [1.54, 1.807) is 0 Å². The fourth-order valence-corrected chi connectivity index (χ4v) is 1.30. The minimum Gasteiger partial charge on any atom is -0.478 e. The summed E-state index contributed by atoms with van der Waals surface area (Å²) in [5.41, 5.74) is 1.30. The van der Waals surface area contributed by atoms with Gasteiger partial charge in [0.2, 0.25) is 0 Å². The first kappa shape index (κ1) is 16.3. The molecule has 1 amide bonds. The Morgan fingerprint density at radius 2 is 1.90 bits per heavy atom. The highest BCUT2D eigenvalue weighted by Gasteiger charge is 2.54. The fraction of sp³-hybridized carbons (Fsp3) is 0.273. The molecule has 0 radical (unpaired) electrons. The zero-order chi connectivity index (χ0) is 15.7. The van der Waals surface area contributed by atoms with Crippen molar-refractivity contribution in [2.24, 2.45) is 5.73 Å². The molecule has 0 aliphatic rings. The predicted octanol–water partition coefficient (Wildman–Crippen LogP) is 2.26. The molecular weight excluding hydrogens is 301 g/mol. The summed E-state index contributed by atoms with van der Waals surface area (Å²) in [6, 6.07) is 3.23. The van der Waals surface area contributed by atoms with Crippen molar-refractivity contribution in [2.45, 2.75) is 18.6 Å². The number of carboxylic acid groups (broad SMARTS) is 1. The molecule has 1 unspecified atom stereocenters. The topological polar surface area (TPSA) is 92.4 Å². The smallest absolute Gasteiger partial charge is 0.415 e. The van der Waals surface area contributed by atoms with Crippen molar-refractivity contribution in [1.82, 2.24) is 0 Å². The molecule has 5 nitrogen and oxygen atoms in total. The number of amides is 1. The monoisotopic (exact) mass is 310 g/mol. The van der Waals surface area contributed by atoms with E-state index in [2.05, 4.69) is 0 Å². The van der Waals surface area contributed by atoms with Crippen LogP contribution < -0.4 is 11.1 Å². The molecule has 4 N–H and O–H groups in total. The Morgan fingerprint density at radius 1 is 1.35 bits per heavy atom. The van der Waals surface area contributed by atoms with Crippen molar-refractivity contribution >= 4 is 29.2 Å². The number of anilines is 1. The van der Waals surface area contributed by atoms with Gasteiger partial charge >= 0.3 is 12.1 Å². The van der Waals surface area contributed by atoms with Crippen LogP contribution in [0.15, 0.2) is 18.2 Å². The van der Waals surface area contributed by atoms with Crippen LogP contribution in [0, 0.1) is 0 Å². The van der Waals surface area contributed by atoms with Crippen LogP contribution in [0.2, 0.25) is 5.02 Å². The van der Waals surface area contributed by atoms with Gasteiger partial charge in [0.25, 0.3) is 5.91 Å². The number of nitrogens with two attached hydrogens (primary N) is 1. The molecule has 110 valence electrons. The maximum Gasteiger partial charge on any atom is 0.415 e. The van der Waals surface area contributed by atoms with Crippen LogP contribution in [0.25, 0.3) is 0 Å². The van der Waals surface area contributed by atoms with Gasteiger partial charge in [-0.05, 0) is 25.1 Å². The van der Waals surface area contributed by atoms with Gasteiger partial charge in [-0.3, -0.25) is 4.79 Å². The van der Waals surface area contributed by atoms with Crippen LogP contribution in [0.4, 0.5) is 18.9 Å². The minimum absolute atomic E-state index is 0.110. The van der Waals surface area contributed by atoms with E-state index < -0.39 is 23.6 Å². The zero-order valence-electron chi connectivity index (χ0n) is 10.1. The lowest BCUT2D eigenvalue weighted by Gasteiger charge is -2.26. The highest BCUT2D eigenvalue weighted by Crippen LogP contribution is 2.30. The second-order valence-electron chi connectivity index (χ2n) is 4.15. The van der Waals surface area contributed by atoms with Gasteiger partial charge in [-0.1, -0.05) is 11.6 Å². The van der Waals surface area contributed by atoms with Crippen molar-refractivity contribution in [3.63, 3.8) is 0 Å². The van der Waals surface area contributed by atoms with E-state index in [4.69, 9.17) is 22.4 Å². The second kappa shape index (κ2) is 5.29. The molecule has 0 bridgehead atoms. The molecule has 1 atom stereocenters. The molecule has 0 saturated heterocycles. The first-order valence-electron chi connectivity index (χ1n) is 5.16. The van der Waals surface area contributed by atoms with Crippen LogP contribution in [-0.4, -0.2) is 28.7 Å². The number of nitrogens with one attached hydrogen (secondary N) is 1. The number of alkyl halides is 3. The third-order valence-corrected chi connectivity index (χ3v) is 2.85. The van der Waals surface area contributed by atoms with Crippen LogP contribution >= 0.6 is 11.6 Å². The van der Waals surface area contributed by atoms with Crippen molar-refractivity contribution in [1.29, 1.82) is 0 Å². The van der Waals surface area contributed by atoms with Crippen LogP contribution in [-0.2, 0) is 4.79 Å². The Balaban J connectivity index is 3.08. The third kappa shape index (κ3) is 3.20. The highest BCUT2D eigenvalue weighted by atomic mass is 35.5. The number of benzene rings is 1. The summed E-state index contributed by atoms with van der Waals surface area (Å²) in [5, 5.41) is 10.5. The van der Waals surface area contributed by atoms with E-state index in [-0.39, 0.29) is 16.3 Å². The molecule has 1 rings (SSSR count). The van der Waals surface area contributed by atoms with Gasteiger partial charge in [-0.15, -0.1) is 0 Å². The Morgan fingerprint density at radius 3 is 2.35 bits per heavy atom. The summed E-state index contributed by atoms with van der Waals surface area (Å²) in [5.74, 6) is -2.86. The molecule has 0 aliphatic heterocycles. The van der Waals surface area contributed by atoms with Gasteiger partial charge in [0.05, 0.1) is 16.3 Å². The number of carboxylic acids is 1. The third-order valence-electron chi connectivity index (χ3n) is 2.52. The normalized spacial score (nSPS) is 14.5. The van der Waals surface area contributed by atoms with Crippen molar-refractivity contribution in [3.05, 3.63) is 28.8 Å². The SMILES string of the molecule is CC(N)(C(=O)Nc1cc(C(=O)O)ccc1Cl)C(F)(F)F. The molecule has 0 aromatic heterocycles. The van der Waals surface area contributed by atoms with Crippen molar-refractivity contribution in [3.8, 4) is 0 Å². The average molecular weight is 311 g/mol. The Kier molecular flexibility index (Phi) is 4.30. The summed E-state index contributed by atoms with van der Waals surface area (Å²) >= 11 is 5.68. The van der Waals surface area contributed by atoms with Crippen LogP contribution in [0.3, 0.4) is 0 Å². The number of rotatable bonds is 3. The Labute approximate surface area is 116 Å². The minimum atomic E-state index is -4.96. The first-order chi connectivity index (χ1) is 8.96. The molecule has 9 heteroatoms. The molecule has 0 aliphatic carbocycles. The molecular formula is C11H10ClF3N2O3. The summed E-state index contributed by atoms with van der Waals surface area (Å²) in [4.78, 5) is 22.3. The van der Waals surface area contributed by atoms with Gasteiger partial charge in [0, 0.05) is 0 Å². The van der Waals surface area contributed by atoms with E-state index in [9.17, 15) is 22.8 Å². The largest absolute Gasteiger partial charge is 0.478 e. The standard InChI is InChI=1S/C11H10ClF3N2O3/c1-10(16,11(13,14)15)9(20)17-7-4-5(8(18)19)2-3-6(7)12/h2-4H,16H2,1H3,(H,17,20)(H,18,19). The van der Waals surface area contributed by atoms with Crippen molar-refractivity contribution < 1.29 is 27.9 Å². The maximum absolute atomic E-state index is 12.6. The van der Waals surface area contributed by atoms with Gasteiger partial charge in [0.15, 0.2) is 5.54 Å². The molecule has 0 saturated carbocycles. The molecule has 1 aromatic rings. The molecule has 20 heavy (non-hydrogen) atoms. The lowest BCUT2D eigenvalue weighted by molar-refractivity contribution is -0.184. The van der Waals surface area contributed by atoms with Gasteiger partial charge in [0.1, 0.15) is 0 Å². The van der Waals surface area contributed by atoms with Crippen LogP contribution in [0.1, 0.15) is 17.3 Å². The maximum atomic E-state index is 12.6. The predicted molar refractivity (Wildman–Crippen MR) is 65.7 cm³/mol. The lowest BCUT2D eigenvalue weighted by Crippen LogP contribution is -2.59. The molecule has 0 heterocycles. The average Bonchev–Trinajstić information content (AvgIpc) is 2.29. The van der Waals surface area contributed by atoms with Gasteiger partial charge < -0.3 is 16.2 Å². The van der Waals surface area contributed by atoms with E-state index in [1.807, 2.05) is 5.32 Å². The Hall–Kier alpha value is -1.80. The van der Waals surface area contributed by atoms with Gasteiger partial charge in [-0.25, -0.2) is 4.79 Å². The number of hydrogen-bond donors (Lipinski definition) is 3. The van der Waals surface area contributed by atoms with E-state index in [1.165, 1.54) is 0 Å². The molecule has 0 spiro atoms. The van der Waals surface area contributed by atoms with Crippen molar-refractivity contribution in [2.75, 3.05) is 5.32 Å². The molecule has 0 fully saturated rings. The van der Waals surface area contributed by atoms with Gasteiger partial charge in [-0.2, -0.15) is 13.2 Å². The highest BCUT2D eigenvalue weighted by molar-refractivity contribution is 6.34. The van der Waals surface area contributed by atoms with Crippen LogP contribution in [0.5, 0.6) is 0 Å². The zero-order valence-corrected chi connectivity index (χ0v) is 10.8. The summed E-state index contributed by atoms with van der Waals surface area (Å²) in [7, 11) is 0. The second-order valence-corrected chi connectivity index (χ2v) is 4.56. The van der Waals surface area contributed by atoms with E-state index in [0.717, 1.165) is 18.2 Å². The number of carbonyl (C=O) groups excluding carboxylic acids is 1. The molecule has 1 aromatic carbocycles. The number of halogens is 4. The fourth-order valence-electron chi connectivity index (χ4n) is 1.13. The van der Waals surface area contributed by atoms with E-state index in [0.29, 0.717) is 6.92 Å². The first-order valence-corrected chi connectivity index (χ1v) is 5.54. The summed E-state index contributed by atoms with van der Waals surface area (Å²) < 4.78 is 37.7. The Bertz CT molecular complexity index is 558. The summed E-state index contributed by atoms with van der Waals surface area (Å²) in [6.45, 7) is 0.497. The lowest BCUT2D eigenvalue weighted by atomic mass is 10.0. The summed E-state index contributed by atoms with van der Waals surface area (Å²) in [6.07, 6.45) is -4.96. The quantitative estimate of drug-likeness (QED) is 0.798.